The zero-order chi connectivity index (χ0) is 46.6. The van der Waals surface area contributed by atoms with Crippen LogP contribution in [0.4, 0.5) is 16.2 Å². The molecule has 0 spiro atoms. The lowest BCUT2D eigenvalue weighted by Gasteiger charge is -2.25. The van der Waals surface area contributed by atoms with Crippen LogP contribution in [0.25, 0.3) is 0 Å². The first-order valence-electron chi connectivity index (χ1n) is 23.1. The van der Waals surface area contributed by atoms with Crippen LogP contribution in [0, 0.1) is 0 Å². The molecule has 1 fully saturated rings. The van der Waals surface area contributed by atoms with E-state index in [2.05, 4.69) is 21.9 Å². The molecule has 4 amide bonds. The third kappa shape index (κ3) is 14.6. The molecule has 1 aliphatic heterocycles. The van der Waals surface area contributed by atoms with E-state index >= 15 is 0 Å². The van der Waals surface area contributed by atoms with Gasteiger partial charge < -0.3 is 19.4 Å². The summed E-state index contributed by atoms with van der Waals surface area (Å²) in [6.07, 6.45) is 20.6. The molecular weight excluding hydrogens is 868 g/mol. The number of ketones is 1. The van der Waals surface area contributed by atoms with Crippen LogP contribution in [0.2, 0.25) is 5.02 Å². The van der Waals surface area contributed by atoms with E-state index in [0.717, 1.165) is 24.2 Å². The largest absolute Gasteiger partial charge is 0.491 e. The topological polar surface area (TPSA) is 169 Å². The minimum Gasteiger partial charge on any atom is -0.491 e. The third-order valence-electron chi connectivity index (χ3n) is 11.4. The predicted octanol–water partition coefficient (Wildman–Crippen LogP) is 10.5. The van der Waals surface area contributed by atoms with Gasteiger partial charge in [-0.2, -0.15) is 0 Å². The average Bonchev–Trinajstić information content (AvgIpc) is 3.82. The van der Waals surface area contributed by atoms with Gasteiger partial charge in [-0.05, 0) is 49.2 Å². The lowest BCUT2D eigenvalue weighted by atomic mass is 10.0. The Bertz CT molecular complexity index is 2270. The summed E-state index contributed by atoms with van der Waals surface area (Å²) in [6.45, 7) is 4.18. The number of rotatable bonds is 30. The van der Waals surface area contributed by atoms with Gasteiger partial charge in [-0.15, -0.1) is 0 Å². The van der Waals surface area contributed by atoms with E-state index in [9.17, 15) is 27.6 Å². The molecule has 2 atom stereocenters. The zero-order valence-electron chi connectivity index (χ0n) is 38.0. The van der Waals surface area contributed by atoms with Gasteiger partial charge in [0.1, 0.15) is 11.4 Å². The van der Waals surface area contributed by atoms with E-state index in [1.54, 1.807) is 50.4 Å². The highest BCUT2D eigenvalue weighted by atomic mass is 35.5. The van der Waals surface area contributed by atoms with Gasteiger partial charge in [0.2, 0.25) is 12.0 Å². The first-order valence-corrected chi connectivity index (χ1v) is 25.0. The number of para-hydroxylation sites is 1. The van der Waals surface area contributed by atoms with Crippen molar-refractivity contribution in [2.24, 2.45) is 7.05 Å². The number of carbonyl (C=O) groups excluding carboxylic acids is 4. The Morgan fingerprint density at radius 3 is 1.97 bits per heavy atom. The fraction of sp³-hybridized carbons (Fsp3) is 0.490. The number of imide groups is 1. The number of ether oxygens (including phenoxy) is 2. The second-order valence-corrected chi connectivity index (χ2v) is 18.5. The van der Waals surface area contributed by atoms with E-state index in [0.29, 0.717) is 16.9 Å². The summed E-state index contributed by atoms with van der Waals surface area (Å²) in [5, 5.41) is 2.83. The van der Waals surface area contributed by atoms with Gasteiger partial charge in [0.25, 0.3) is 21.8 Å². The van der Waals surface area contributed by atoms with Crippen molar-refractivity contribution in [1.82, 2.24) is 19.4 Å². The Kier molecular flexibility index (Phi) is 20.3. The summed E-state index contributed by atoms with van der Waals surface area (Å²) in [5.74, 6) is -2.78. The molecule has 3 aromatic carbocycles. The molecule has 65 heavy (non-hydrogen) atoms. The van der Waals surface area contributed by atoms with Gasteiger partial charge in [-0.3, -0.25) is 24.0 Å². The monoisotopic (exact) mass is 932 g/mol. The summed E-state index contributed by atoms with van der Waals surface area (Å²) in [7, 11) is -2.75. The highest BCUT2D eigenvalue weighted by Crippen LogP contribution is 2.32. The van der Waals surface area contributed by atoms with E-state index in [-0.39, 0.29) is 52.5 Å². The van der Waals surface area contributed by atoms with Crippen LogP contribution in [-0.2, 0) is 37.9 Å². The zero-order valence-corrected chi connectivity index (χ0v) is 39.6. The smallest absolute Gasteiger partial charge is 0.330 e. The van der Waals surface area contributed by atoms with Gasteiger partial charge in [0.15, 0.2) is 6.04 Å². The summed E-state index contributed by atoms with van der Waals surface area (Å²) in [4.78, 5) is 63.0. The highest BCUT2D eigenvalue weighted by Gasteiger charge is 2.53. The van der Waals surface area contributed by atoms with Crippen LogP contribution in [-0.4, -0.2) is 76.9 Å². The fourth-order valence-electron chi connectivity index (χ4n) is 7.84. The van der Waals surface area contributed by atoms with E-state index in [4.69, 9.17) is 21.1 Å². The molecule has 1 saturated heterocycles. The van der Waals surface area contributed by atoms with Crippen molar-refractivity contribution in [3.8, 4) is 5.75 Å². The molecule has 5 rings (SSSR count). The van der Waals surface area contributed by atoms with Crippen LogP contribution in [0.15, 0.2) is 90.2 Å². The number of urea groups is 1. The molecule has 0 aliphatic carbocycles. The number of nitrogens with zero attached hydrogens (tertiary/aromatic N) is 4. The Morgan fingerprint density at radius 2 is 1.38 bits per heavy atom. The molecule has 0 bridgehead atoms. The van der Waals surface area contributed by atoms with Gasteiger partial charge in [-0.1, -0.05) is 157 Å². The SMILES string of the molecule is CCCCCCCCCCCCCCCCCCOc1ccc(S(=O)(=O)Nc2ccccc2Cl)cc1NC(=O)C(C(=O)c1cncn1C)N1C(=O)C(OCC)N(Cc2ccccc2)C1=O. The predicted molar refractivity (Wildman–Crippen MR) is 253 cm³/mol. The maximum Gasteiger partial charge on any atom is 0.330 e. The molecule has 4 aromatic rings. The average molecular weight is 934 g/mol. The second-order valence-electron chi connectivity index (χ2n) is 16.5. The number of halogens is 1. The molecule has 352 valence electrons. The van der Waals surface area contributed by atoms with Gasteiger partial charge in [0.05, 0.1) is 47.0 Å². The highest BCUT2D eigenvalue weighted by molar-refractivity contribution is 7.92. The van der Waals surface area contributed by atoms with Crippen LogP contribution < -0.4 is 14.8 Å². The van der Waals surface area contributed by atoms with E-state index in [1.807, 2.05) is 6.07 Å². The maximum absolute atomic E-state index is 14.6. The Balaban J connectivity index is 1.30. The number of hydrogen-bond acceptors (Lipinski definition) is 9. The molecule has 14 nitrogen and oxygen atoms in total. The number of amides is 4. The number of carbonyl (C=O) groups is 4. The second kappa shape index (κ2) is 26.0. The molecular formula is C49H65ClN6O8S. The standard InChI is InChI=1S/C49H65ClN6O8S/c1-4-6-7-8-9-10-11-12-13-14-15-16-17-18-19-25-32-64-43-31-30-38(65(61,62)53-40-29-24-23-28-39(40)50)33-41(43)52-46(58)44(45(57)42-34-51-36-54(42)3)56-47(59)48(63-5-2)55(49(56)60)35-37-26-21-20-22-27-37/h20-24,26-31,33-34,36,44,48,53H,4-19,25,32,35H2,1-3H3,(H,52,58). The Hall–Kier alpha value is -5.25. The normalized spacial score (nSPS) is 14.5. The first kappa shape index (κ1) is 50.7. The maximum atomic E-state index is 14.6. The van der Waals surface area contributed by atoms with Crippen LogP contribution in [0.1, 0.15) is 133 Å². The van der Waals surface area contributed by atoms with Crippen molar-refractivity contribution in [2.75, 3.05) is 23.3 Å². The van der Waals surface area contributed by atoms with Crippen molar-refractivity contribution in [1.29, 1.82) is 0 Å². The minimum atomic E-state index is -4.29. The number of aromatic nitrogens is 2. The molecule has 2 N–H and O–H groups in total. The number of unbranched alkanes of at least 4 members (excludes halogenated alkanes) is 15. The molecule has 1 aromatic heterocycles. The number of anilines is 2. The molecule has 0 saturated carbocycles. The number of imidazole rings is 1. The van der Waals surface area contributed by atoms with Crippen molar-refractivity contribution < 1.29 is 37.1 Å². The molecule has 0 radical (unpaired) electrons. The quantitative estimate of drug-likeness (QED) is 0.0224. The number of benzene rings is 3. The van der Waals surface area contributed by atoms with Crippen molar-refractivity contribution in [2.45, 2.75) is 140 Å². The summed E-state index contributed by atoms with van der Waals surface area (Å²) in [5.41, 5.74) is 0.674. The van der Waals surface area contributed by atoms with Crippen LogP contribution in [0.3, 0.4) is 0 Å². The summed E-state index contributed by atoms with van der Waals surface area (Å²) < 4.78 is 43.2. The lowest BCUT2D eigenvalue weighted by molar-refractivity contribution is -0.144. The van der Waals surface area contributed by atoms with E-state index in [1.165, 1.54) is 124 Å². The van der Waals surface area contributed by atoms with Crippen LogP contribution in [0.5, 0.6) is 5.75 Å². The molecule has 1 aliphatic rings. The molecule has 16 heteroatoms. The third-order valence-corrected chi connectivity index (χ3v) is 13.1. The first-order chi connectivity index (χ1) is 31.5. The van der Waals surface area contributed by atoms with Gasteiger partial charge in [0, 0.05) is 13.7 Å². The molecule has 2 heterocycles. The molecule has 2 unspecified atom stereocenters. The van der Waals surface area contributed by atoms with Crippen LogP contribution >= 0.6 is 11.6 Å². The number of sulfonamides is 1. The number of aryl methyl sites for hydroxylation is 1. The van der Waals surface area contributed by atoms with Gasteiger partial charge in [-0.25, -0.2) is 23.1 Å². The Morgan fingerprint density at radius 1 is 0.785 bits per heavy atom. The van der Waals surface area contributed by atoms with E-state index < -0.39 is 45.9 Å². The number of nitrogens with one attached hydrogen (secondary N) is 2. The van der Waals surface area contributed by atoms with Gasteiger partial charge >= 0.3 is 6.03 Å². The van der Waals surface area contributed by atoms with Crippen molar-refractivity contribution in [3.63, 3.8) is 0 Å². The van der Waals surface area contributed by atoms with Crippen molar-refractivity contribution in [3.05, 3.63) is 102 Å². The van der Waals surface area contributed by atoms with Crippen molar-refractivity contribution >= 4 is 56.6 Å². The lowest BCUT2D eigenvalue weighted by Crippen LogP contribution is -2.53. The fourth-order valence-corrected chi connectivity index (χ4v) is 9.19. The summed E-state index contributed by atoms with van der Waals surface area (Å²) >= 11 is 6.28. The minimum absolute atomic E-state index is 0.0451. The number of Topliss-reactive ketones (excluding diaryl/α,β-unsaturated/α-hetero) is 1. The summed E-state index contributed by atoms with van der Waals surface area (Å²) in [6, 6.07) is 16.2. The Labute approximate surface area is 389 Å². The number of hydrogen-bond donors (Lipinski definition) is 2.